The van der Waals surface area contributed by atoms with Crippen molar-refractivity contribution in [3.8, 4) is 5.69 Å². The molecule has 0 atom stereocenters. The van der Waals surface area contributed by atoms with Crippen LogP contribution in [0, 0.1) is 0 Å². The maximum Gasteiger partial charge on any atom is 0.151 e. The van der Waals surface area contributed by atoms with Gasteiger partial charge in [-0.2, -0.15) is 10.2 Å². The first-order chi connectivity index (χ1) is 13.2. The van der Waals surface area contributed by atoms with Gasteiger partial charge in [0.2, 0.25) is 0 Å². The van der Waals surface area contributed by atoms with Crippen molar-refractivity contribution in [2.24, 2.45) is 0 Å². The zero-order valence-corrected chi connectivity index (χ0v) is 15.7. The zero-order chi connectivity index (χ0) is 18.3. The predicted molar refractivity (Wildman–Crippen MR) is 103 cm³/mol. The fraction of sp³-hybridized carbons (Fsp3) is 0.400. The summed E-state index contributed by atoms with van der Waals surface area (Å²) in [6.07, 6.45) is 7.46. The number of nitrogens with one attached hydrogen (secondary N) is 1. The van der Waals surface area contributed by atoms with E-state index in [9.17, 15) is 0 Å². The molecule has 2 aromatic heterocycles. The molecule has 1 N–H and O–H groups in total. The van der Waals surface area contributed by atoms with Crippen LogP contribution in [0.5, 0.6) is 0 Å². The van der Waals surface area contributed by atoms with E-state index >= 15 is 0 Å². The van der Waals surface area contributed by atoms with E-state index in [1.807, 2.05) is 6.07 Å². The third-order valence-electron chi connectivity index (χ3n) is 5.86. The number of fused-ring (bicyclic) bond motifs is 3. The monoisotopic (exact) mass is 380 g/mol. The molecule has 0 saturated heterocycles. The Morgan fingerprint density at radius 2 is 1.96 bits per heavy atom. The molecule has 1 aliphatic heterocycles. The van der Waals surface area contributed by atoms with Crippen molar-refractivity contribution in [2.75, 3.05) is 0 Å². The molecule has 0 radical (unpaired) electrons. The maximum absolute atomic E-state index is 7.13. The lowest BCUT2D eigenvalue weighted by molar-refractivity contribution is 0.353. The van der Waals surface area contributed by atoms with Gasteiger partial charge in [0.15, 0.2) is 5.82 Å². The van der Waals surface area contributed by atoms with Gasteiger partial charge in [-0.15, -0.1) is 21.8 Å². The molecular weight excluding hydrogens is 360 g/mol. The third-order valence-corrected chi connectivity index (χ3v) is 6.46. The number of hydrogen-bond donors (Lipinski definition) is 1. The third kappa shape index (κ3) is 3.03. The summed E-state index contributed by atoms with van der Waals surface area (Å²) in [7, 11) is 0. The Bertz CT molecular complexity index is 946. The van der Waals surface area contributed by atoms with E-state index in [2.05, 4.69) is 54.5 Å². The lowest BCUT2D eigenvalue weighted by Crippen LogP contribution is -2.26. The molecular formula is C20H21ClN6. The molecule has 5 rings (SSSR count). The Morgan fingerprint density at radius 1 is 1.07 bits per heavy atom. The first-order valence-corrected chi connectivity index (χ1v) is 9.81. The number of hydrogen-bond acceptors (Lipinski definition) is 5. The molecule has 1 aliphatic carbocycles. The lowest BCUT2D eigenvalue weighted by Gasteiger charge is -2.36. The van der Waals surface area contributed by atoms with Gasteiger partial charge in [-0.3, -0.25) is 4.57 Å². The van der Waals surface area contributed by atoms with E-state index in [1.165, 1.54) is 11.1 Å². The second-order valence-electron chi connectivity index (χ2n) is 7.45. The molecule has 1 aromatic carbocycles. The Morgan fingerprint density at radius 3 is 2.78 bits per heavy atom. The van der Waals surface area contributed by atoms with Crippen molar-refractivity contribution < 1.29 is 0 Å². The fourth-order valence-corrected chi connectivity index (χ4v) is 4.66. The molecule has 3 aromatic rings. The summed E-state index contributed by atoms with van der Waals surface area (Å²) < 4.78 is 2.06. The molecule has 27 heavy (non-hydrogen) atoms. The molecule has 3 heterocycles. The first-order valence-electron chi connectivity index (χ1n) is 9.43. The van der Waals surface area contributed by atoms with Crippen molar-refractivity contribution in [3.63, 3.8) is 0 Å². The molecule has 6 nitrogen and oxygen atoms in total. The molecule has 7 heteroatoms. The number of halogens is 1. The van der Waals surface area contributed by atoms with Crippen LogP contribution < -0.4 is 5.32 Å². The molecule has 1 saturated carbocycles. The van der Waals surface area contributed by atoms with Crippen LogP contribution in [-0.2, 0) is 18.0 Å². The highest BCUT2D eigenvalue weighted by Crippen LogP contribution is 2.47. The van der Waals surface area contributed by atoms with Gasteiger partial charge in [0.25, 0.3) is 0 Å². The second kappa shape index (κ2) is 6.69. The van der Waals surface area contributed by atoms with Gasteiger partial charge >= 0.3 is 0 Å². The largest absolute Gasteiger partial charge is 0.306 e. The van der Waals surface area contributed by atoms with Gasteiger partial charge in [-0.1, -0.05) is 12.1 Å². The molecule has 0 unspecified atom stereocenters. The minimum absolute atomic E-state index is 0.309. The first kappa shape index (κ1) is 16.8. The van der Waals surface area contributed by atoms with Crippen LogP contribution in [0.3, 0.4) is 0 Å². The summed E-state index contributed by atoms with van der Waals surface area (Å²) in [5.41, 5.74) is 4.67. The number of alkyl halides is 1. The van der Waals surface area contributed by atoms with Gasteiger partial charge in [-0.25, -0.2) is 0 Å². The quantitative estimate of drug-likeness (QED) is 0.689. The number of rotatable bonds is 2. The average Bonchev–Trinajstić information content (AvgIpc) is 3.10. The molecule has 2 aliphatic rings. The Hall–Kier alpha value is -2.31. The van der Waals surface area contributed by atoms with Crippen LogP contribution in [0.25, 0.3) is 5.69 Å². The summed E-state index contributed by atoms with van der Waals surface area (Å²) in [6.45, 7) is 1.53. The molecule has 1 fully saturated rings. The molecule has 138 valence electrons. The van der Waals surface area contributed by atoms with E-state index in [1.54, 1.807) is 12.5 Å². The van der Waals surface area contributed by atoms with Crippen molar-refractivity contribution in [3.05, 3.63) is 65.5 Å². The van der Waals surface area contributed by atoms with Gasteiger partial charge in [-0.05, 0) is 55.0 Å². The van der Waals surface area contributed by atoms with Crippen LogP contribution in [0.15, 0.2) is 42.9 Å². The summed E-state index contributed by atoms with van der Waals surface area (Å²) >= 11 is 7.13. The standard InChI is InChI=1S/C20H21ClN6/c21-20(7-5-14(6-8-20)17-2-1-9-23-25-17)16-3-4-18-15(10-16)11-22-12-19-26-24-13-27(18)19/h1-4,9-10,13-14,22H,5-8,11-12H2. The van der Waals surface area contributed by atoms with E-state index in [0.717, 1.165) is 56.0 Å². The highest BCUT2D eigenvalue weighted by Gasteiger charge is 2.36. The van der Waals surface area contributed by atoms with E-state index in [-0.39, 0.29) is 4.87 Å². The minimum Gasteiger partial charge on any atom is -0.306 e. The minimum atomic E-state index is -0.309. The number of nitrogens with zero attached hydrogens (tertiary/aromatic N) is 5. The summed E-state index contributed by atoms with van der Waals surface area (Å²) in [5, 5.41) is 20.0. The van der Waals surface area contributed by atoms with Gasteiger partial charge in [0, 0.05) is 18.7 Å². The Labute approximate surface area is 163 Å². The highest BCUT2D eigenvalue weighted by atomic mass is 35.5. The SMILES string of the molecule is ClC1(c2ccc3c(c2)CNCc2nncn2-3)CCC(c2cccnn2)CC1. The number of benzene rings is 1. The van der Waals surface area contributed by atoms with Gasteiger partial charge < -0.3 is 5.32 Å². The average molecular weight is 381 g/mol. The lowest BCUT2D eigenvalue weighted by atomic mass is 9.76. The second-order valence-corrected chi connectivity index (χ2v) is 8.18. The van der Waals surface area contributed by atoms with Crippen LogP contribution in [0.4, 0.5) is 0 Å². The topological polar surface area (TPSA) is 68.5 Å². The molecule has 0 amide bonds. The number of aromatic nitrogens is 5. The van der Waals surface area contributed by atoms with E-state index in [4.69, 9.17) is 11.6 Å². The predicted octanol–water partition coefficient (Wildman–Crippen LogP) is 3.45. The van der Waals surface area contributed by atoms with E-state index in [0.29, 0.717) is 5.92 Å². The smallest absolute Gasteiger partial charge is 0.151 e. The van der Waals surface area contributed by atoms with Crippen molar-refractivity contribution in [1.82, 2.24) is 30.3 Å². The van der Waals surface area contributed by atoms with Crippen LogP contribution in [0.2, 0.25) is 0 Å². The Kier molecular flexibility index (Phi) is 4.17. The molecule has 0 spiro atoms. The van der Waals surface area contributed by atoms with Crippen molar-refractivity contribution in [2.45, 2.75) is 49.6 Å². The molecule has 0 bridgehead atoms. The fourth-order valence-electron chi connectivity index (χ4n) is 4.32. The zero-order valence-electron chi connectivity index (χ0n) is 15.0. The normalized spacial score (nSPS) is 24.7. The van der Waals surface area contributed by atoms with Crippen molar-refractivity contribution >= 4 is 11.6 Å². The maximum atomic E-state index is 7.13. The van der Waals surface area contributed by atoms with Crippen LogP contribution in [-0.4, -0.2) is 25.0 Å². The van der Waals surface area contributed by atoms with Gasteiger partial charge in [0.05, 0.1) is 22.8 Å². The van der Waals surface area contributed by atoms with E-state index < -0.39 is 0 Å². The summed E-state index contributed by atoms with van der Waals surface area (Å²) in [4.78, 5) is -0.309. The Balaban J connectivity index is 1.40. The van der Waals surface area contributed by atoms with Gasteiger partial charge in [0.1, 0.15) is 6.33 Å². The van der Waals surface area contributed by atoms with Crippen LogP contribution >= 0.6 is 11.6 Å². The highest BCUT2D eigenvalue weighted by molar-refractivity contribution is 6.24. The van der Waals surface area contributed by atoms with Crippen molar-refractivity contribution in [1.29, 1.82) is 0 Å². The van der Waals surface area contributed by atoms with Crippen LogP contribution in [0.1, 0.15) is 54.2 Å². The summed E-state index contributed by atoms with van der Waals surface area (Å²) in [5.74, 6) is 1.39. The summed E-state index contributed by atoms with van der Waals surface area (Å²) in [6, 6.07) is 10.6.